The standard InChI is InChI=1S/C4H5NO2/c1-5-4(7)2-3-6/h3H,1-2H2. The minimum absolute atomic E-state index is 0.149. The van der Waals surface area contributed by atoms with Crippen LogP contribution in [0.15, 0.2) is 4.99 Å². The second kappa shape index (κ2) is 3.21. The lowest BCUT2D eigenvalue weighted by atomic mass is 10.5. The van der Waals surface area contributed by atoms with E-state index < -0.39 is 5.91 Å². The van der Waals surface area contributed by atoms with Crippen LogP contribution in [0, 0.1) is 0 Å². The van der Waals surface area contributed by atoms with Crippen molar-refractivity contribution >= 4 is 18.9 Å². The van der Waals surface area contributed by atoms with Crippen LogP contribution >= 0.6 is 0 Å². The molecule has 0 N–H and O–H groups in total. The van der Waals surface area contributed by atoms with E-state index >= 15 is 0 Å². The molecular formula is C4H5NO2. The van der Waals surface area contributed by atoms with Crippen molar-refractivity contribution in [3.05, 3.63) is 0 Å². The third-order valence-corrected chi connectivity index (χ3v) is 0.434. The van der Waals surface area contributed by atoms with E-state index in [1.165, 1.54) is 0 Å². The predicted octanol–water partition coefficient (Wildman–Crippen LogP) is -0.197. The first-order valence-corrected chi connectivity index (χ1v) is 1.74. The van der Waals surface area contributed by atoms with Gasteiger partial charge in [-0.2, -0.15) is 0 Å². The molecule has 0 atom stereocenters. The summed E-state index contributed by atoms with van der Waals surface area (Å²) in [6, 6.07) is 0. The summed E-state index contributed by atoms with van der Waals surface area (Å²) in [5.41, 5.74) is 0. The molecule has 3 nitrogen and oxygen atoms in total. The second-order valence-electron chi connectivity index (χ2n) is 0.923. The van der Waals surface area contributed by atoms with Gasteiger partial charge >= 0.3 is 0 Å². The SMILES string of the molecule is C=NC(=O)CC=O. The van der Waals surface area contributed by atoms with Gasteiger partial charge in [-0.15, -0.1) is 0 Å². The van der Waals surface area contributed by atoms with E-state index in [4.69, 9.17) is 0 Å². The van der Waals surface area contributed by atoms with E-state index in [9.17, 15) is 9.59 Å². The maximum absolute atomic E-state index is 9.95. The number of rotatable bonds is 2. The number of nitrogens with zero attached hydrogens (tertiary/aromatic N) is 1. The van der Waals surface area contributed by atoms with Gasteiger partial charge in [-0.25, -0.2) is 4.99 Å². The zero-order valence-electron chi connectivity index (χ0n) is 3.76. The van der Waals surface area contributed by atoms with Crippen LogP contribution in [0.25, 0.3) is 0 Å². The van der Waals surface area contributed by atoms with Crippen molar-refractivity contribution in [1.29, 1.82) is 0 Å². The molecule has 38 valence electrons. The number of hydrogen-bond acceptors (Lipinski definition) is 2. The van der Waals surface area contributed by atoms with Gasteiger partial charge in [-0.05, 0) is 6.72 Å². The molecule has 0 saturated carbocycles. The van der Waals surface area contributed by atoms with E-state index in [2.05, 4.69) is 11.7 Å². The minimum atomic E-state index is -0.477. The Morgan fingerprint density at radius 1 is 1.86 bits per heavy atom. The van der Waals surface area contributed by atoms with Crippen molar-refractivity contribution in [2.24, 2.45) is 4.99 Å². The summed E-state index contributed by atoms with van der Waals surface area (Å²) in [6.07, 6.45) is 0.348. The predicted molar refractivity (Wildman–Crippen MR) is 25.2 cm³/mol. The van der Waals surface area contributed by atoms with Crippen LogP contribution in [-0.2, 0) is 9.59 Å². The highest BCUT2D eigenvalue weighted by atomic mass is 16.2. The Morgan fingerprint density at radius 2 is 2.43 bits per heavy atom. The summed E-state index contributed by atoms with van der Waals surface area (Å²) in [6.45, 7) is 2.92. The van der Waals surface area contributed by atoms with Gasteiger partial charge in [0.15, 0.2) is 0 Å². The Hall–Kier alpha value is -0.990. The first-order valence-electron chi connectivity index (χ1n) is 1.74. The highest BCUT2D eigenvalue weighted by molar-refractivity contribution is 5.90. The van der Waals surface area contributed by atoms with Gasteiger partial charge in [-0.3, -0.25) is 4.79 Å². The number of aliphatic imine (C=N–C) groups is 1. The van der Waals surface area contributed by atoms with Gasteiger partial charge < -0.3 is 4.79 Å². The number of carbonyl (C=O) groups excluding carboxylic acids is 2. The Balaban J connectivity index is 3.36. The largest absolute Gasteiger partial charge is 0.303 e. The van der Waals surface area contributed by atoms with Crippen molar-refractivity contribution < 1.29 is 9.59 Å². The van der Waals surface area contributed by atoms with Crippen LogP contribution in [0.4, 0.5) is 0 Å². The minimum Gasteiger partial charge on any atom is -0.303 e. The van der Waals surface area contributed by atoms with Gasteiger partial charge in [0.05, 0.1) is 6.42 Å². The Kier molecular flexibility index (Phi) is 2.76. The van der Waals surface area contributed by atoms with Crippen LogP contribution in [0.3, 0.4) is 0 Å². The molecule has 0 saturated heterocycles. The molecule has 0 unspecified atom stereocenters. The van der Waals surface area contributed by atoms with Crippen LogP contribution in [0.2, 0.25) is 0 Å². The quantitative estimate of drug-likeness (QED) is 0.273. The average molecular weight is 99.1 g/mol. The molecule has 0 heterocycles. The highest BCUT2D eigenvalue weighted by Gasteiger charge is 1.89. The first kappa shape index (κ1) is 6.01. The average Bonchev–Trinajstić information content (AvgIpc) is 1.68. The van der Waals surface area contributed by atoms with E-state index in [0.717, 1.165) is 0 Å². The monoisotopic (exact) mass is 99.0 g/mol. The molecule has 0 aliphatic rings. The molecule has 3 heteroatoms. The van der Waals surface area contributed by atoms with Crippen LogP contribution < -0.4 is 0 Å². The number of hydrogen-bond donors (Lipinski definition) is 0. The summed E-state index contributed by atoms with van der Waals surface area (Å²) in [5.74, 6) is -0.477. The molecule has 0 aromatic rings. The van der Waals surface area contributed by atoms with Gasteiger partial charge in [0.1, 0.15) is 6.29 Å². The molecule has 1 amide bonds. The van der Waals surface area contributed by atoms with Gasteiger partial charge in [0.2, 0.25) is 0 Å². The lowest BCUT2D eigenvalue weighted by molar-refractivity contribution is -0.121. The molecule has 0 aliphatic carbocycles. The summed E-state index contributed by atoms with van der Waals surface area (Å²) in [5, 5.41) is 0. The van der Waals surface area contributed by atoms with Crippen molar-refractivity contribution in [2.45, 2.75) is 6.42 Å². The molecule has 0 bridgehead atoms. The molecule has 7 heavy (non-hydrogen) atoms. The summed E-state index contributed by atoms with van der Waals surface area (Å²) in [7, 11) is 0. The van der Waals surface area contributed by atoms with E-state index in [-0.39, 0.29) is 6.42 Å². The number of amides is 1. The number of carbonyl (C=O) groups is 2. The van der Waals surface area contributed by atoms with E-state index in [0.29, 0.717) is 6.29 Å². The topological polar surface area (TPSA) is 46.5 Å². The van der Waals surface area contributed by atoms with Crippen molar-refractivity contribution in [3.63, 3.8) is 0 Å². The van der Waals surface area contributed by atoms with Gasteiger partial charge in [0, 0.05) is 0 Å². The lowest BCUT2D eigenvalue weighted by Crippen LogP contribution is -1.90. The molecule has 0 spiro atoms. The van der Waals surface area contributed by atoms with E-state index in [1.54, 1.807) is 0 Å². The van der Waals surface area contributed by atoms with Crippen LogP contribution in [0.5, 0.6) is 0 Å². The molecule has 0 aromatic heterocycles. The summed E-state index contributed by atoms with van der Waals surface area (Å²) >= 11 is 0. The third kappa shape index (κ3) is 2.82. The highest BCUT2D eigenvalue weighted by Crippen LogP contribution is 1.74. The molecule has 0 aromatic carbocycles. The Bertz CT molecular complexity index is 97.9. The molecule has 0 rings (SSSR count). The van der Waals surface area contributed by atoms with Crippen LogP contribution in [0.1, 0.15) is 6.42 Å². The van der Waals surface area contributed by atoms with Crippen molar-refractivity contribution in [2.75, 3.05) is 0 Å². The summed E-state index contributed by atoms with van der Waals surface area (Å²) < 4.78 is 0. The normalized spacial score (nSPS) is 7.43. The smallest absolute Gasteiger partial charge is 0.252 e. The third-order valence-electron chi connectivity index (χ3n) is 0.434. The second-order valence-corrected chi connectivity index (χ2v) is 0.923. The fourth-order valence-electron chi connectivity index (χ4n) is 0.136. The van der Waals surface area contributed by atoms with Crippen molar-refractivity contribution in [1.82, 2.24) is 0 Å². The molecule has 0 radical (unpaired) electrons. The maximum atomic E-state index is 9.95. The molecular weight excluding hydrogens is 94.0 g/mol. The zero-order valence-corrected chi connectivity index (χ0v) is 3.76. The maximum Gasteiger partial charge on any atom is 0.252 e. The van der Waals surface area contributed by atoms with Crippen molar-refractivity contribution in [3.8, 4) is 0 Å². The lowest BCUT2D eigenvalue weighted by Gasteiger charge is -1.75. The molecule has 0 fully saturated rings. The van der Waals surface area contributed by atoms with Crippen LogP contribution in [-0.4, -0.2) is 18.9 Å². The first-order chi connectivity index (χ1) is 3.31. The van der Waals surface area contributed by atoms with Gasteiger partial charge in [0.25, 0.3) is 5.91 Å². The zero-order chi connectivity index (χ0) is 5.70. The molecule has 0 aliphatic heterocycles. The van der Waals surface area contributed by atoms with E-state index in [1.807, 2.05) is 0 Å². The summed E-state index contributed by atoms with van der Waals surface area (Å²) in [4.78, 5) is 22.4. The number of aldehydes is 1. The Morgan fingerprint density at radius 3 is 2.57 bits per heavy atom. The fraction of sp³-hybridized carbons (Fsp3) is 0.250. The Labute approximate surface area is 41.1 Å². The fourth-order valence-corrected chi connectivity index (χ4v) is 0.136. The van der Waals surface area contributed by atoms with Gasteiger partial charge in [-0.1, -0.05) is 0 Å².